The molecule has 1 aromatic heterocycles. The molecule has 25 heavy (non-hydrogen) atoms. The van der Waals surface area contributed by atoms with Crippen LogP contribution in [0.4, 0.5) is 11.4 Å². The number of aromatic amines is 1. The van der Waals surface area contributed by atoms with Gasteiger partial charge in [0, 0.05) is 25.2 Å². The van der Waals surface area contributed by atoms with Crippen molar-refractivity contribution in [1.82, 2.24) is 9.88 Å². The van der Waals surface area contributed by atoms with Crippen molar-refractivity contribution in [2.75, 3.05) is 24.1 Å². The maximum absolute atomic E-state index is 11.3. The Morgan fingerprint density at radius 3 is 2.96 bits per heavy atom. The first kappa shape index (κ1) is 15.8. The highest BCUT2D eigenvalue weighted by atomic mass is 16.4. The molecule has 1 fully saturated rings. The SMILES string of the molecule is Nc1cc2oc(=O)[nH]c2cc1NC1CCCN(Cc2ccccc2)C1. The van der Waals surface area contributed by atoms with Gasteiger partial charge in [-0.25, -0.2) is 4.79 Å². The molecule has 1 saturated heterocycles. The maximum atomic E-state index is 11.3. The Kier molecular flexibility index (Phi) is 4.19. The Hall–Kier alpha value is -2.73. The Labute approximate surface area is 145 Å². The number of likely N-dealkylation sites (tertiary alicyclic amines) is 1. The molecule has 0 saturated carbocycles. The molecule has 0 radical (unpaired) electrons. The zero-order valence-electron chi connectivity index (χ0n) is 14.0. The summed E-state index contributed by atoms with van der Waals surface area (Å²) in [7, 11) is 0. The number of nitrogens with one attached hydrogen (secondary N) is 2. The fourth-order valence-electron chi connectivity index (χ4n) is 3.52. The van der Waals surface area contributed by atoms with E-state index in [1.807, 2.05) is 12.1 Å². The van der Waals surface area contributed by atoms with Crippen molar-refractivity contribution in [3.63, 3.8) is 0 Å². The summed E-state index contributed by atoms with van der Waals surface area (Å²) in [6, 6.07) is 14.4. The van der Waals surface area contributed by atoms with Gasteiger partial charge in [-0.2, -0.15) is 0 Å². The van der Waals surface area contributed by atoms with Crippen molar-refractivity contribution in [2.45, 2.75) is 25.4 Å². The van der Waals surface area contributed by atoms with Gasteiger partial charge in [0.1, 0.15) is 0 Å². The van der Waals surface area contributed by atoms with E-state index in [9.17, 15) is 4.79 Å². The number of piperidine rings is 1. The van der Waals surface area contributed by atoms with Gasteiger partial charge in [0.25, 0.3) is 0 Å². The van der Waals surface area contributed by atoms with Gasteiger partial charge >= 0.3 is 5.76 Å². The highest BCUT2D eigenvalue weighted by molar-refractivity contribution is 5.85. The second-order valence-corrected chi connectivity index (χ2v) is 6.65. The van der Waals surface area contributed by atoms with Crippen molar-refractivity contribution in [1.29, 1.82) is 0 Å². The molecule has 6 nitrogen and oxygen atoms in total. The first-order chi connectivity index (χ1) is 12.2. The Bertz CT molecular complexity index is 916. The Balaban J connectivity index is 1.47. The number of aromatic nitrogens is 1. The van der Waals surface area contributed by atoms with Gasteiger partial charge in [0.2, 0.25) is 0 Å². The van der Waals surface area contributed by atoms with E-state index in [1.54, 1.807) is 6.07 Å². The van der Waals surface area contributed by atoms with Gasteiger partial charge in [0.05, 0.1) is 16.9 Å². The summed E-state index contributed by atoms with van der Waals surface area (Å²) in [5.74, 6) is -0.460. The molecule has 2 heterocycles. The van der Waals surface area contributed by atoms with Gasteiger partial charge in [0.15, 0.2) is 5.58 Å². The molecule has 1 aliphatic heterocycles. The van der Waals surface area contributed by atoms with Crippen LogP contribution in [-0.2, 0) is 6.54 Å². The standard InChI is InChI=1S/C19H22N4O2/c20-15-9-18-17(22-19(24)25-18)10-16(15)21-14-7-4-8-23(12-14)11-13-5-2-1-3-6-13/h1-3,5-6,9-10,14,21H,4,7-8,11-12,20H2,(H,22,24). The van der Waals surface area contributed by atoms with Crippen LogP contribution < -0.4 is 16.8 Å². The van der Waals surface area contributed by atoms with Gasteiger partial charge in [-0.1, -0.05) is 30.3 Å². The summed E-state index contributed by atoms with van der Waals surface area (Å²) in [6.45, 7) is 3.04. The third-order valence-corrected chi connectivity index (χ3v) is 4.71. The second-order valence-electron chi connectivity index (χ2n) is 6.65. The monoisotopic (exact) mass is 338 g/mol. The second kappa shape index (κ2) is 6.64. The maximum Gasteiger partial charge on any atom is 0.417 e. The number of benzene rings is 2. The van der Waals surface area contributed by atoms with E-state index in [4.69, 9.17) is 10.2 Å². The number of hydrogen-bond donors (Lipinski definition) is 3. The smallest absolute Gasteiger partial charge is 0.408 e. The van der Waals surface area contributed by atoms with Crippen LogP contribution in [0.1, 0.15) is 18.4 Å². The first-order valence-corrected chi connectivity index (χ1v) is 8.62. The lowest BCUT2D eigenvalue weighted by Gasteiger charge is -2.34. The number of nitrogens with two attached hydrogens (primary N) is 1. The van der Waals surface area contributed by atoms with Gasteiger partial charge in [-0.3, -0.25) is 9.88 Å². The minimum Gasteiger partial charge on any atom is -0.408 e. The van der Waals surface area contributed by atoms with E-state index < -0.39 is 5.76 Å². The molecule has 4 N–H and O–H groups in total. The lowest BCUT2D eigenvalue weighted by molar-refractivity contribution is 0.208. The molecular formula is C19H22N4O2. The number of H-pyrrole nitrogens is 1. The summed E-state index contributed by atoms with van der Waals surface area (Å²) >= 11 is 0. The first-order valence-electron chi connectivity index (χ1n) is 8.62. The minimum atomic E-state index is -0.460. The van der Waals surface area contributed by atoms with Crippen LogP contribution in [0.3, 0.4) is 0 Å². The quantitative estimate of drug-likeness (QED) is 0.637. The molecule has 1 unspecified atom stereocenters. The molecule has 4 rings (SSSR count). The molecule has 0 spiro atoms. The average molecular weight is 338 g/mol. The Morgan fingerprint density at radius 1 is 1.28 bits per heavy atom. The van der Waals surface area contributed by atoms with Crippen LogP contribution in [0, 0.1) is 0 Å². The molecule has 1 aliphatic rings. The molecule has 0 bridgehead atoms. The molecule has 6 heteroatoms. The van der Waals surface area contributed by atoms with Crippen LogP contribution in [0.15, 0.2) is 51.7 Å². The molecule has 2 aromatic carbocycles. The van der Waals surface area contributed by atoms with E-state index in [-0.39, 0.29) is 0 Å². The van der Waals surface area contributed by atoms with E-state index >= 15 is 0 Å². The number of nitrogen functional groups attached to an aromatic ring is 1. The third kappa shape index (κ3) is 3.53. The van der Waals surface area contributed by atoms with E-state index in [1.165, 1.54) is 5.56 Å². The van der Waals surface area contributed by atoms with E-state index in [0.717, 1.165) is 38.2 Å². The number of oxazole rings is 1. The molecule has 1 atom stereocenters. The number of nitrogens with zero attached hydrogens (tertiary/aromatic N) is 1. The average Bonchev–Trinajstić information content (AvgIpc) is 2.95. The molecular weight excluding hydrogens is 316 g/mol. The highest BCUT2D eigenvalue weighted by Gasteiger charge is 2.20. The number of anilines is 2. The lowest BCUT2D eigenvalue weighted by atomic mass is 10.0. The van der Waals surface area contributed by atoms with Crippen molar-refractivity contribution >= 4 is 22.5 Å². The zero-order chi connectivity index (χ0) is 17.2. The summed E-state index contributed by atoms with van der Waals surface area (Å²) in [4.78, 5) is 16.5. The van der Waals surface area contributed by atoms with Crippen LogP contribution in [-0.4, -0.2) is 29.0 Å². The van der Waals surface area contributed by atoms with Crippen LogP contribution in [0.25, 0.3) is 11.1 Å². The molecule has 130 valence electrons. The van der Waals surface area contributed by atoms with Gasteiger partial charge in [-0.05, 0) is 31.0 Å². The lowest BCUT2D eigenvalue weighted by Crippen LogP contribution is -2.41. The predicted octanol–water partition coefficient (Wildman–Crippen LogP) is 2.78. The van der Waals surface area contributed by atoms with Gasteiger partial charge in [-0.15, -0.1) is 0 Å². The van der Waals surface area contributed by atoms with Crippen molar-refractivity contribution in [2.24, 2.45) is 0 Å². The summed E-state index contributed by atoms with van der Waals surface area (Å²) in [6.07, 6.45) is 2.25. The molecule has 0 amide bonds. The van der Waals surface area contributed by atoms with Crippen molar-refractivity contribution in [3.8, 4) is 0 Å². The predicted molar refractivity (Wildman–Crippen MR) is 99.6 cm³/mol. The third-order valence-electron chi connectivity index (χ3n) is 4.71. The van der Waals surface area contributed by atoms with Crippen molar-refractivity contribution < 1.29 is 4.42 Å². The number of hydrogen-bond acceptors (Lipinski definition) is 5. The van der Waals surface area contributed by atoms with E-state index in [0.29, 0.717) is 22.8 Å². The van der Waals surface area contributed by atoms with Crippen LogP contribution in [0.5, 0.6) is 0 Å². The van der Waals surface area contributed by atoms with Crippen LogP contribution in [0.2, 0.25) is 0 Å². The van der Waals surface area contributed by atoms with Crippen LogP contribution >= 0.6 is 0 Å². The highest BCUT2D eigenvalue weighted by Crippen LogP contribution is 2.26. The Morgan fingerprint density at radius 2 is 2.12 bits per heavy atom. The largest absolute Gasteiger partial charge is 0.417 e. The summed E-state index contributed by atoms with van der Waals surface area (Å²) < 4.78 is 5.05. The summed E-state index contributed by atoms with van der Waals surface area (Å²) in [5, 5.41) is 3.54. The molecule has 0 aliphatic carbocycles. The number of fused-ring (bicyclic) bond motifs is 1. The number of rotatable bonds is 4. The molecule has 3 aromatic rings. The summed E-state index contributed by atoms with van der Waals surface area (Å²) in [5.41, 5.74) is 10.0. The minimum absolute atomic E-state index is 0.329. The van der Waals surface area contributed by atoms with E-state index in [2.05, 4.69) is 39.5 Å². The van der Waals surface area contributed by atoms with Crippen molar-refractivity contribution in [3.05, 3.63) is 58.6 Å². The normalized spacial score (nSPS) is 18.5. The fraction of sp³-hybridized carbons (Fsp3) is 0.316. The topological polar surface area (TPSA) is 87.3 Å². The zero-order valence-corrected chi connectivity index (χ0v) is 14.0. The fourth-order valence-corrected chi connectivity index (χ4v) is 3.52. The van der Waals surface area contributed by atoms with Gasteiger partial charge < -0.3 is 15.5 Å².